The Morgan fingerprint density at radius 3 is 3.07 bits per heavy atom. The summed E-state index contributed by atoms with van der Waals surface area (Å²) in [7, 11) is 0. The van der Waals surface area contributed by atoms with Crippen LogP contribution < -0.4 is 0 Å². The fourth-order valence-corrected chi connectivity index (χ4v) is 1.24. The second-order valence-electron chi connectivity index (χ2n) is 3.05. The van der Waals surface area contributed by atoms with Crippen LogP contribution in [0, 0.1) is 0 Å². The van der Waals surface area contributed by atoms with Gasteiger partial charge in [0.25, 0.3) is 0 Å². The van der Waals surface area contributed by atoms with Gasteiger partial charge in [-0.25, -0.2) is 0 Å². The molecule has 0 bridgehead atoms. The molecule has 2 heterocycles. The molecule has 1 aliphatic heterocycles. The molecule has 0 saturated carbocycles. The molecule has 82 valence electrons. The van der Waals surface area contributed by atoms with Crippen LogP contribution in [0.2, 0.25) is 0 Å². The fraction of sp³-hybridized carbons (Fsp3) is 0.625. The Morgan fingerprint density at radius 1 is 1.53 bits per heavy atom. The molecule has 1 aromatic heterocycles. The third-order valence-corrected chi connectivity index (χ3v) is 1.89. The van der Waals surface area contributed by atoms with Gasteiger partial charge in [0.2, 0.25) is 11.7 Å². The van der Waals surface area contributed by atoms with Crippen molar-refractivity contribution in [3.63, 3.8) is 0 Å². The first-order valence-electron chi connectivity index (χ1n) is 4.49. The Labute approximate surface area is 85.0 Å². The van der Waals surface area contributed by atoms with Gasteiger partial charge in [-0.05, 0) is 0 Å². The first-order chi connectivity index (χ1) is 7.25. The normalized spacial score (nSPS) is 21.5. The highest BCUT2D eigenvalue weighted by Crippen LogP contribution is 2.17. The Kier molecular flexibility index (Phi) is 2.93. The lowest BCUT2D eigenvalue weighted by molar-refractivity contribution is -0.136. The Bertz CT molecular complexity index is 345. The van der Waals surface area contributed by atoms with Gasteiger partial charge in [0.05, 0.1) is 19.8 Å². The van der Waals surface area contributed by atoms with Crippen LogP contribution in [-0.4, -0.2) is 41.0 Å². The third-order valence-electron chi connectivity index (χ3n) is 1.89. The van der Waals surface area contributed by atoms with Gasteiger partial charge >= 0.3 is 5.97 Å². The average molecular weight is 214 g/mol. The number of carboxylic acid groups (broad SMARTS) is 1. The molecule has 2 rings (SSSR count). The van der Waals surface area contributed by atoms with Crippen LogP contribution in [0.4, 0.5) is 0 Å². The van der Waals surface area contributed by atoms with E-state index in [1.807, 2.05) is 0 Å². The lowest BCUT2D eigenvalue weighted by atomic mass is 10.3. The lowest BCUT2D eigenvalue weighted by Crippen LogP contribution is -2.22. The molecule has 1 fully saturated rings. The zero-order valence-corrected chi connectivity index (χ0v) is 7.88. The largest absolute Gasteiger partial charge is 0.481 e. The molecule has 0 amide bonds. The SMILES string of the molecule is O=C(O)Cc1nc(C2COCCO2)no1. The van der Waals surface area contributed by atoms with Crippen molar-refractivity contribution in [2.24, 2.45) is 0 Å². The second-order valence-corrected chi connectivity index (χ2v) is 3.05. The molecule has 1 aromatic rings. The van der Waals surface area contributed by atoms with E-state index >= 15 is 0 Å². The van der Waals surface area contributed by atoms with Crippen LogP contribution >= 0.6 is 0 Å². The number of hydrogen-bond acceptors (Lipinski definition) is 6. The highest BCUT2D eigenvalue weighted by atomic mass is 16.6. The van der Waals surface area contributed by atoms with E-state index in [0.717, 1.165) is 0 Å². The summed E-state index contributed by atoms with van der Waals surface area (Å²) in [5, 5.41) is 12.1. The number of carbonyl (C=O) groups is 1. The van der Waals surface area contributed by atoms with Crippen molar-refractivity contribution in [3.8, 4) is 0 Å². The molecule has 1 unspecified atom stereocenters. The maximum Gasteiger partial charge on any atom is 0.312 e. The molecular weight excluding hydrogens is 204 g/mol. The van der Waals surface area contributed by atoms with E-state index in [0.29, 0.717) is 25.6 Å². The van der Waals surface area contributed by atoms with Gasteiger partial charge in [0.1, 0.15) is 12.5 Å². The number of nitrogens with zero attached hydrogens (tertiary/aromatic N) is 2. The summed E-state index contributed by atoms with van der Waals surface area (Å²) in [6.07, 6.45) is -0.634. The number of aliphatic carboxylic acids is 1. The van der Waals surface area contributed by atoms with Crippen LogP contribution in [0.25, 0.3) is 0 Å². The molecule has 7 nitrogen and oxygen atoms in total. The number of rotatable bonds is 3. The van der Waals surface area contributed by atoms with E-state index < -0.39 is 5.97 Å². The molecular formula is C8H10N2O5. The summed E-state index contributed by atoms with van der Waals surface area (Å²) >= 11 is 0. The predicted molar refractivity (Wildman–Crippen MR) is 45.1 cm³/mol. The molecule has 1 atom stereocenters. The summed E-state index contributed by atoms with van der Waals surface area (Å²) in [6, 6.07) is 0. The minimum Gasteiger partial charge on any atom is -0.481 e. The van der Waals surface area contributed by atoms with Crippen molar-refractivity contribution in [2.45, 2.75) is 12.5 Å². The standard InChI is InChI=1S/C8H10N2O5/c11-7(12)3-6-9-8(10-15-6)5-4-13-1-2-14-5/h5H,1-4H2,(H,11,12). The molecule has 0 radical (unpaired) electrons. The van der Waals surface area contributed by atoms with Gasteiger partial charge < -0.3 is 19.1 Å². The second kappa shape index (κ2) is 4.37. The number of hydrogen-bond donors (Lipinski definition) is 1. The summed E-state index contributed by atoms with van der Waals surface area (Å²) in [5.41, 5.74) is 0. The minimum atomic E-state index is -1.01. The van der Waals surface area contributed by atoms with Crippen molar-refractivity contribution in [1.82, 2.24) is 10.1 Å². The van der Waals surface area contributed by atoms with Gasteiger partial charge in [-0.15, -0.1) is 0 Å². The molecule has 1 saturated heterocycles. The third kappa shape index (κ3) is 2.51. The first kappa shape index (κ1) is 10.1. The maximum absolute atomic E-state index is 10.4. The van der Waals surface area contributed by atoms with Crippen molar-refractivity contribution in [1.29, 1.82) is 0 Å². The van der Waals surface area contributed by atoms with Crippen LogP contribution in [0.1, 0.15) is 17.8 Å². The number of aromatic nitrogens is 2. The van der Waals surface area contributed by atoms with Gasteiger partial charge in [-0.1, -0.05) is 5.16 Å². The van der Waals surface area contributed by atoms with E-state index in [-0.39, 0.29) is 18.4 Å². The molecule has 1 aliphatic rings. The lowest BCUT2D eigenvalue weighted by Gasteiger charge is -2.19. The highest BCUT2D eigenvalue weighted by Gasteiger charge is 2.22. The first-order valence-corrected chi connectivity index (χ1v) is 4.49. The Hall–Kier alpha value is -1.47. The topological polar surface area (TPSA) is 94.7 Å². The highest BCUT2D eigenvalue weighted by molar-refractivity contribution is 5.68. The predicted octanol–water partition coefficient (Wildman–Crippen LogP) is -0.215. The smallest absolute Gasteiger partial charge is 0.312 e. The van der Waals surface area contributed by atoms with E-state index in [4.69, 9.17) is 19.1 Å². The molecule has 1 N–H and O–H groups in total. The Morgan fingerprint density at radius 2 is 2.40 bits per heavy atom. The van der Waals surface area contributed by atoms with E-state index in [1.54, 1.807) is 0 Å². The summed E-state index contributed by atoms with van der Waals surface area (Å²) < 4.78 is 15.2. The van der Waals surface area contributed by atoms with Crippen LogP contribution in [-0.2, 0) is 20.7 Å². The van der Waals surface area contributed by atoms with Gasteiger partial charge in [-0.3, -0.25) is 4.79 Å². The summed E-state index contributed by atoms with van der Waals surface area (Å²) in [6.45, 7) is 1.40. The van der Waals surface area contributed by atoms with Gasteiger partial charge in [0.15, 0.2) is 0 Å². The van der Waals surface area contributed by atoms with Crippen molar-refractivity contribution < 1.29 is 23.9 Å². The number of ether oxygens (including phenoxy) is 2. The monoisotopic (exact) mass is 214 g/mol. The quantitative estimate of drug-likeness (QED) is 0.743. The zero-order chi connectivity index (χ0) is 10.7. The fourth-order valence-electron chi connectivity index (χ4n) is 1.24. The van der Waals surface area contributed by atoms with E-state index in [1.165, 1.54) is 0 Å². The van der Waals surface area contributed by atoms with Crippen molar-refractivity contribution >= 4 is 5.97 Å². The molecule has 0 spiro atoms. The van der Waals surface area contributed by atoms with E-state index in [9.17, 15) is 4.79 Å². The number of carboxylic acids is 1. The van der Waals surface area contributed by atoms with Gasteiger partial charge in [0, 0.05) is 0 Å². The minimum absolute atomic E-state index is 0.0756. The molecule has 0 aromatic carbocycles. The van der Waals surface area contributed by atoms with Crippen LogP contribution in [0.15, 0.2) is 4.52 Å². The zero-order valence-electron chi connectivity index (χ0n) is 7.88. The molecule has 7 heteroatoms. The summed E-state index contributed by atoms with van der Waals surface area (Å²) in [5.74, 6) is -0.594. The average Bonchev–Trinajstić information content (AvgIpc) is 2.67. The molecule has 15 heavy (non-hydrogen) atoms. The van der Waals surface area contributed by atoms with Crippen molar-refractivity contribution in [3.05, 3.63) is 11.7 Å². The Balaban J connectivity index is 2.02. The van der Waals surface area contributed by atoms with Crippen molar-refractivity contribution in [2.75, 3.05) is 19.8 Å². The van der Waals surface area contributed by atoms with Crippen LogP contribution in [0.3, 0.4) is 0 Å². The van der Waals surface area contributed by atoms with Gasteiger partial charge in [-0.2, -0.15) is 4.98 Å². The van der Waals surface area contributed by atoms with Crippen LogP contribution in [0.5, 0.6) is 0 Å². The molecule has 0 aliphatic carbocycles. The van der Waals surface area contributed by atoms with E-state index in [2.05, 4.69) is 10.1 Å². The summed E-state index contributed by atoms with van der Waals surface area (Å²) in [4.78, 5) is 14.3. The maximum atomic E-state index is 10.4.